The first-order valence-electron chi connectivity index (χ1n) is 9.45. The van der Waals surface area contributed by atoms with Crippen molar-refractivity contribution in [3.63, 3.8) is 0 Å². The summed E-state index contributed by atoms with van der Waals surface area (Å²) in [4.78, 5) is 9.19. The molecule has 0 N–H and O–H groups in total. The van der Waals surface area contributed by atoms with Gasteiger partial charge in [0.25, 0.3) is 5.78 Å². The predicted molar refractivity (Wildman–Crippen MR) is 124 cm³/mol. The Morgan fingerprint density at radius 3 is 2.32 bits per heavy atom. The molecule has 0 amide bonds. The number of fused-ring (bicyclic) bond motifs is 1. The molecule has 9 heteroatoms. The maximum Gasteiger partial charge on any atom is 0.253 e. The fraction of sp³-hybridized carbons (Fsp3) is 0.227. The number of methoxy groups -OCH3 is 3. The molecule has 0 radical (unpaired) electrons. The lowest BCUT2D eigenvalue weighted by molar-refractivity contribution is 0.377. The van der Waals surface area contributed by atoms with Gasteiger partial charge in [-0.05, 0) is 24.6 Å². The molecule has 4 rings (SSSR count). The smallest absolute Gasteiger partial charge is 0.253 e. The van der Waals surface area contributed by atoms with Gasteiger partial charge in [-0.2, -0.15) is 9.50 Å². The number of aryl methyl sites for hydroxylation is 1. The minimum atomic E-state index is 0.518. The summed E-state index contributed by atoms with van der Waals surface area (Å²) in [5.74, 6) is 3.12. The SMILES string of the molecule is COc1cc(OC)c(-c2cc(C)nc3nc(SCc4ccccc4Br)nn23)c(OC)c1. The zero-order valence-electron chi connectivity index (χ0n) is 17.5. The Bertz CT molecular complexity index is 1220. The quantitative estimate of drug-likeness (QED) is 0.323. The molecule has 0 saturated carbocycles. The van der Waals surface area contributed by atoms with Crippen LogP contribution in [0.4, 0.5) is 0 Å². The molecule has 4 aromatic rings. The van der Waals surface area contributed by atoms with E-state index in [1.54, 1.807) is 37.6 Å². The van der Waals surface area contributed by atoms with Crippen LogP contribution in [0.5, 0.6) is 17.2 Å². The Kier molecular flexibility index (Phi) is 6.33. The van der Waals surface area contributed by atoms with Gasteiger partial charge in [-0.25, -0.2) is 4.98 Å². The van der Waals surface area contributed by atoms with Crippen LogP contribution in [0.15, 0.2) is 52.1 Å². The van der Waals surface area contributed by atoms with Crippen molar-refractivity contribution in [3.05, 3.63) is 58.2 Å². The molecule has 2 aromatic heterocycles. The number of halogens is 1. The second-order valence-electron chi connectivity index (χ2n) is 6.68. The highest BCUT2D eigenvalue weighted by atomic mass is 79.9. The number of nitrogens with zero attached hydrogens (tertiary/aromatic N) is 4. The van der Waals surface area contributed by atoms with Crippen molar-refractivity contribution < 1.29 is 14.2 Å². The second-order valence-corrected chi connectivity index (χ2v) is 8.47. The summed E-state index contributed by atoms with van der Waals surface area (Å²) in [5, 5.41) is 5.36. The molecule has 2 heterocycles. The number of benzene rings is 2. The van der Waals surface area contributed by atoms with E-state index in [4.69, 9.17) is 19.3 Å². The number of hydrogen-bond acceptors (Lipinski definition) is 7. The van der Waals surface area contributed by atoms with Gasteiger partial charge in [0.2, 0.25) is 5.16 Å². The van der Waals surface area contributed by atoms with Crippen molar-refractivity contribution in [1.82, 2.24) is 19.6 Å². The minimum Gasteiger partial charge on any atom is -0.496 e. The Morgan fingerprint density at radius 1 is 0.968 bits per heavy atom. The van der Waals surface area contributed by atoms with E-state index in [-0.39, 0.29) is 0 Å². The second kappa shape index (κ2) is 9.15. The van der Waals surface area contributed by atoms with Crippen molar-refractivity contribution in [2.75, 3.05) is 21.3 Å². The Hall–Kier alpha value is -2.78. The monoisotopic (exact) mass is 500 g/mol. The molecule has 0 aliphatic carbocycles. The van der Waals surface area contributed by atoms with Gasteiger partial charge in [0, 0.05) is 28.1 Å². The van der Waals surface area contributed by atoms with Gasteiger partial charge < -0.3 is 14.2 Å². The third-order valence-corrected chi connectivity index (χ3v) is 6.37. The molecule has 0 atom stereocenters. The average molecular weight is 501 g/mol. The number of aromatic nitrogens is 4. The first kappa shape index (κ1) is 21.5. The van der Waals surface area contributed by atoms with Crippen LogP contribution in [0.3, 0.4) is 0 Å². The van der Waals surface area contributed by atoms with Gasteiger partial charge in [-0.1, -0.05) is 45.9 Å². The topological polar surface area (TPSA) is 70.8 Å². The van der Waals surface area contributed by atoms with E-state index in [9.17, 15) is 0 Å². The number of hydrogen-bond donors (Lipinski definition) is 0. The molecule has 2 aromatic carbocycles. The third-order valence-electron chi connectivity index (χ3n) is 4.71. The minimum absolute atomic E-state index is 0.518. The summed E-state index contributed by atoms with van der Waals surface area (Å²) in [6, 6.07) is 13.7. The molecule has 31 heavy (non-hydrogen) atoms. The Morgan fingerprint density at radius 2 is 1.68 bits per heavy atom. The summed E-state index contributed by atoms with van der Waals surface area (Å²) in [6.45, 7) is 1.93. The van der Waals surface area contributed by atoms with Gasteiger partial charge in [0.1, 0.15) is 17.2 Å². The van der Waals surface area contributed by atoms with Gasteiger partial charge in [0.15, 0.2) is 0 Å². The van der Waals surface area contributed by atoms with E-state index in [1.165, 1.54) is 5.56 Å². The first-order valence-corrected chi connectivity index (χ1v) is 11.2. The average Bonchev–Trinajstić information content (AvgIpc) is 3.19. The fourth-order valence-electron chi connectivity index (χ4n) is 3.22. The van der Waals surface area contributed by atoms with Crippen molar-refractivity contribution in [2.24, 2.45) is 0 Å². The molecule has 0 unspecified atom stereocenters. The zero-order chi connectivity index (χ0) is 22.0. The van der Waals surface area contributed by atoms with Crippen molar-refractivity contribution >= 4 is 33.5 Å². The van der Waals surface area contributed by atoms with Crippen LogP contribution >= 0.6 is 27.7 Å². The Balaban J connectivity index is 1.80. The van der Waals surface area contributed by atoms with Crippen LogP contribution in [0.25, 0.3) is 17.0 Å². The van der Waals surface area contributed by atoms with E-state index in [0.717, 1.165) is 27.2 Å². The lowest BCUT2D eigenvalue weighted by Crippen LogP contribution is -2.02. The van der Waals surface area contributed by atoms with Gasteiger partial charge in [-0.3, -0.25) is 0 Å². The lowest BCUT2D eigenvalue weighted by atomic mass is 10.1. The van der Waals surface area contributed by atoms with E-state index in [0.29, 0.717) is 28.2 Å². The van der Waals surface area contributed by atoms with Crippen LogP contribution in [0.2, 0.25) is 0 Å². The maximum absolute atomic E-state index is 5.65. The molecule has 0 bridgehead atoms. The van der Waals surface area contributed by atoms with Crippen LogP contribution in [0, 0.1) is 6.92 Å². The molecule has 0 aliphatic heterocycles. The fourth-order valence-corrected chi connectivity index (χ4v) is 4.66. The summed E-state index contributed by atoms with van der Waals surface area (Å²) >= 11 is 5.14. The van der Waals surface area contributed by atoms with Crippen molar-refractivity contribution in [1.29, 1.82) is 0 Å². The van der Waals surface area contributed by atoms with Crippen LogP contribution in [0.1, 0.15) is 11.3 Å². The number of ether oxygens (including phenoxy) is 3. The van der Waals surface area contributed by atoms with E-state index >= 15 is 0 Å². The van der Waals surface area contributed by atoms with Crippen LogP contribution in [-0.2, 0) is 5.75 Å². The highest BCUT2D eigenvalue weighted by Gasteiger charge is 2.21. The van der Waals surface area contributed by atoms with E-state index in [2.05, 4.69) is 32.0 Å². The summed E-state index contributed by atoms with van der Waals surface area (Å²) in [5.41, 5.74) is 3.53. The van der Waals surface area contributed by atoms with E-state index in [1.807, 2.05) is 43.3 Å². The molecular formula is C22H21BrN4O3S. The van der Waals surface area contributed by atoms with E-state index < -0.39 is 0 Å². The van der Waals surface area contributed by atoms with Gasteiger partial charge in [-0.15, -0.1) is 5.10 Å². The highest BCUT2D eigenvalue weighted by molar-refractivity contribution is 9.10. The number of thioether (sulfide) groups is 1. The van der Waals surface area contributed by atoms with Crippen molar-refractivity contribution in [2.45, 2.75) is 17.8 Å². The van der Waals surface area contributed by atoms with Crippen LogP contribution in [-0.4, -0.2) is 40.9 Å². The normalized spacial score (nSPS) is 11.0. The molecule has 7 nitrogen and oxygen atoms in total. The summed E-state index contributed by atoms with van der Waals surface area (Å²) in [7, 11) is 4.83. The molecule has 160 valence electrons. The molecule has 0 aliphatic rings. The van der Waals surface area contributed by atoms with Gasteiger partial charge in [0.05, 0.1) is 32.6 Å². The summed E-state index contributed by atoms with van der Waals surface area (Å²) in [6.07, 6.45) is 0. The molecular weight excluding hydrogens is 480 g/mol. The van der Waals surface area contributed by atoms with Gasteiger partial charge >= 0.3 is 0 Å². The first-order chi connectivity index (χ1) is 15.0. The summed E-state index contributed by atoms with van der Waals surface area (Å²) < 4.78 is 19.5. The third kappa shape index (κ3) is 4.33. The molecule has 0 spiro atoms. The molecule has 0 fully saturated rings. The largest absolute Gasteiger partial charge is 0.496 e. The van der Waals surface area contributed by atoms with Crippen LogP contribution < -0.4 is 14.2 Å². The zero-order valence-corrected chi connectivity index (χ0v) is 20.0. The Labute approximate surface area is 192 Å². The van der Waals surface area contributed by atoms with Crippen molar-refractivity contribution in [3.8, 4) is 28.5 Å². The highest BCUT2D eigenvalue weighted by Crippen LogP contribution is 2.42. The predicted octanol–water partition coefficient (Wildman–Crippen LogP) is 5.18. The standard InChI is InChI=1S/C22H21BrN4O3S/c1-13-9-17(20-18(29-3)10-15(28-2)11-19(20)30-4)27-21(24-13)25-22(26-27)31-12-14-7-5-6-8-16(14)23/h5-11H,12H2,1-4H3. The lowest BCUT2D eigenvalue weighted by Gasteiger charge is -2.16. The maximum atomic E-state index is 5.65. The molecule has 0 saturated heterocycles. The number of rotatable bonds is 7.